The molecule has 1 aromatic heterocycles. The molecule has 0 aliphatic heterocycles. The summed E-state index contributed by atoms with van der Waals surface area (Å²) in [6, 6.07) is 28.4. The summed E-state index contributed by atoms with van der Waals surface area (Å²) in [6.07, 6.45) is 19.9. The molecule has 1 N–H and O–H groups in total. The van der Waals surface area contributed by atoms with Gasteiger partial charge in [0.1, 0.15) is 0 Å². The van der Waals surface area contributed by atoms with Gasteiger partial charge in [-0.25, -0.2) is 0 Å². The maximum atomic E-state index is 3.54. The molecular weight excluding hydrogens is 637 g/mol. The van der Waals surface area contributed by atoms with Gasteiger partial charge in [0.25, 0.3) is 0 Å². The van der Waals surface area contributed by atoms with E-state index in [0.29, 0.717) is 0 Å². The molecule has 0 atom stereocenters. The van der Waals surface area contributed by atoms with E-state index < -0.39 is 0 Å². The Bertz CT molecular complexity index is 1950. The lowest BCUT2D eigenvalue weighted by molar-refractivity contribution is -0.694. The van der Waals surface area contributed by atoms with Gasteiger partial charge in [0, 0.05) is 87.2 Å². The number of hydrogen-bond acceptors (Lipinski definition) is 5. The van der Waals surface area contributed by atoms with Crippen LogP contribution in [0.25, 0.3) is 34.2 Å². The van der Waals surface area contributed by atoms with Crippen molar-refractivity contribution in [3.63, 3.8) is 0 Å². The van der Waals surface area contributed by atoms with Crippen molar-refractivity contribution in [2.45, 2.75) is 26.3 Å². The van der Waals surface area contributed by atoms with E-state index in [4.69, 9.17) is 0 Å². The first kappa shape index (κ1) is 36.3. The van der Waals surface area contributed by atoms with E-state index in [1.165, 1.54) is 55.0 Å². The number of rotatable bonds is 16. The lowest BCUT2D eigenvalue weighted by atomic mass is 9.96. The van der Waals surface area contributed by atoms with E-state index >= 15 is 0 Å². The van der Waals surface area contributed by atoms with Crippen LogP contribution in [0.5, 0.6) is 0 Å². The molecule has 0 bridgehead atoms. The van der Waals surface area contributed by atoms with Crippen LogP contribution in [0.1, 0.15) is 31.0 Å². The summed E-state index contributed by atoms with van der Waals surface area (Å²) in [7, 11) is 12.4. The van der Waals surface area contributed by atoms with Gasteiger partial charge in [0.15, 0.2) is 12.7 Å². The zero-order chi connectivity index (χ0) is 34.4. The van der Waals surface area contributed by atoms with Crippen LogP contribution in [0.15, 0.2) is 121 Å². The summed E-state index contributed by atoms with van der Waals surface area (Å²) >= 11 is 0. The van der Waals surface area contributed by atoms with Crippen molar-refractivity contribution in [2.75, 3.05) is 57.7 Å². The van der Waals surface area contributed by atoms with E-state index in [9.17, 15) is 0 Å². The van der Waals surface area contributed by atoms with Gasteiger partial charge in [-0.2, -0.15) is 4.57 Å². The average Bonchev–Trinajstić information content (AvgIpc) is 3.11. The largest absolute Gasteiger partial charge is 0.380 e. The standard InChI is InChI=1S/C43H51N4S2/c1-34(20-21-35-23-26-42(45(2)3)40-18-8-6-16-38(35)40)14-10-12-28-44-29-32-48-49-33-31-47-30-13-11-15-37(47)25-22-36-24-27-43(46(4)5)41-19-9-7-17-39(36)41/h6-23,25-26,30,44H,24,27-29,31-33H2,1-5H3/q+1/b12-10-,21-20+,34-14+. The summed E-state index contributed by atoms with van der Waals surface area (Å²) in [4.78, 5) is 4.44. The van der Waals surface area contributed by atoms with Crippen molar-refractivity contribution < 1.29 is 4.57 Å². The molecule has 5 rings (SSSR count). The highest BCUT2D eigenvalue weighted by Crippen LogP contribution is 2.29. The molecule has 1 heterocycles. The molecule has 0 amide bonds. The van der Waals surface area contributed by atoms with Crippen molar-refractivity contribution in [3.05, 3.63) is 143 Å². The highest BCUT2D eigenvalue weighted by molar-refractivity contribution is 8.76. The number of fused-ring (bicyclic) bond motifs is 2. The van der Waals surface area contributed by atoms with Crippen LogP contribution in [-0.2, 0) is 6.54 Å². The van der Waals surface area contributed by atoms with Crippen molar-refractivity contribution >= 4 is 61.5 Å². The zero-order valence-electron chi connectivity index (χ0n) is 29.7. The number of benzene rings is 3. The fourth-order valence-electron chi connectivity index (χ4n) is 6.16. The molecule has 0 saturated heterocycles. The Labute approximate surface area is 301 Å². The molecule has 1 aliphatic rings. The Balaban J connectivity index is 1.02. The van der Waals surface area contributed by atoms with Crippen molar-refractivity contribution in [1.29, 1.82) is 0 Å². The molecule has 49 heavy (non-hydrogen) atoms. The minimum atomic E-state index is 0.878. The molecule has 0 saturated carbocycles. The summed E-state index contributed by atoms with van der Waals surface area (Å²) in [5, 5.41) is 8.83. The molecule has 4 nitrogen and oxygen atoms in total. The van der Waals surface area contributed by atoms with Gasteiger partial charge >= 0.3 is 0 Å². The van der Waals surface area contributed by atoms with Crippen molar-refractivity contribution in [1.82, 2.24) is 10.2 Å². The number of pyridine rings is 1. The quantitative estimate of drug-likeness (QED) is 0.0563. The second kappa shape index (κ2) is 18.7. The van der Waals surface area contributed by atoms with Gasteiger partial charge in [-0.1, -0.05) is 118 Å². The Morgan fingerprint density at radius 2 is 1.53 bits per heavy atom. The first-order chi connectivity index (χ1) is 23.9. The van der Waals surface area contributed by atoms with E-state index in [-0.39, 0.29) is 0 Å². The van der Waals surface area contributed by atoms with E-state index in [2.05, 4.69) is 182 Å². The number of hydrogen-bond donors (Lipinski definition) is 1. The van der Waals surface area contributed by atoms with E-state index in [1.54, 1.807) is 0 Å². The number of anilines is 1. The van der Waals surface area contributed by atoms with Crippen LogP contribution in [0.3, 0.4) is 0 Å². The third-order valence-corrected chi connectivity index (χ3v) is 11.1. The van der Waals surface area contributed by atoms with Crippen LogP contribution in [0.4, 0.5) is 5.69 Å². The molecule has 1 aliphatic carbocycles. The van der Waals surface area contributed by atoms with Crippen molar-refractivity contribution in [3.8, 4) is 0 Å². The summed E-state index contributed by atoms with van der Waals surface area (Å²) in [6.45, 7) is 5.03. The molecular formula is C43H51N4S2+. The Hall–Kier alpha value is -3.97. The Morgan fingerprint density at radius 3 is 2.35 bits per heavy atom. The average molecular weight is 688 g/mol. The topological polar surface area (TPSA) is 22.4 Å². The predicted octanol–water partition coefficient (Wildman–Crippen LogP) is 7.71. The summed E-state index contributed by atoms with van der Waals surface area (Å²) in [5.74, 6) is 2.17. The SMILES string of the molecule is CC(/C=C/c1ccc(N(C)C)c2ccccc12)=C\C=C/CNCCSSCC[n+]1ccccc1/C=C/C1=c2ccccc2=C(N(C)C)CC1. The zero-order valence-corrected chi connectivity index (χ0v) is 31.4. The minimum Gasteiger partial charge on any atom is -0.380 e. The van der Waals surface area contributed by atoms with Crippen LogP contribution in [0, 0.1) is 0 Å². The Morgan fingerprint density at radius 1 is 0.776 bits per heavy atom. The third-order valence-electron chi connectivity index (χ3n) is 8.75. The number of nitrogens with one attached hydrogen (secondary N) is 1. The predicted molar refractivity (Wildman–Crippen MR) is 219 cm³/mol. The molecule has 254 valence electrons. The number of allylic oxidation sites excluding steroid dienone is 5. The smallest absolute Gasteiger partial charge is 0.205 e. The maximum absolute atomic E-state index is 3.54. The highest BCUT2D eigenvalue weighted by Gasteiger charge is 2.12. The van der Waals surface area contributed by atoms with Crippen LogP contribution in [-0.4, -0.2) is 57.7 Å². The van der Waals surface area contributed by atoms with Gasteiger partial charge in [-0.3, -0.25) is 0 Å². The molecule has 6 heteroatoms. The monoisotopic (exact) mass is 687 g/mol. The van der Waals surface area contributed by atoms with Crippen LogP contribution >= 0.6 is 21.6 Å². The van der Waals surface area contributed by atoms with Gasteiger partial charge in [0.05, 0.1) is 5.75 Å². The molecule has 0 fully saturated rings. The fourth-order valence-corrected chi connectivity index (χ4v) is 8.08. The molecule has 0 spiro atoms. The Kier molecular flexibility index (Phi) is 13.9. The first-order valence-electron chi connectivity index (χ1n) is 17.2. The van der Waals surface area contributed by atoms with Crippen molar-refractivity contribution in [2.24, 2.45) is 0 Å². The van der Waals surface area contributed by atoms with E-state index in [1.807, 2.05) is 21.6 Å². The summed E-state index contributed by atoms with van der Waals surface area (Å²) < 4.78 is 2.37. The van der Waals surface area contributed by atoms with Gasteiger partial charge in [-0.05, 0) is 53.6 Å². The van der Waals surface area contributed by atoms with Gasteiger partial charge in [0.2, 0.25) is 5.69 Å². The van der Waals surface area contributed by atoms with Gasteiger partial charge in [-0.15, -0.1) is 0 Å². The minimum absolute atomic E-state index is 0.878. The highest BCUT2D eigenvalue weighted by atomic mass is 33.1. The first-order valence-corrected chi connectivity index (χ1v) is 19.7. The maximum Gasteiger partial charge on any atom is 0.205 e. The second-order valence-corrected chi connectivity index (χ2v) is 15.4. The molecule has 3 aromatic carbocycles. The van der Waals surface area contributed by atoms with Gasteiger partial charge < -0.3 is 15.1 Å². The molecule has 0 unspecified atom stereocenters. The fraction of sp³-hybridized carbons (Fsp3) is 0.279. The molecule has 0 radical (unpaired) electrons. The number of aryl methyl sites for hydroxylation is 1. The number of nitrogens with zero attached hydrogens (tertiary/aromatic N) is 3. The second-order valence-electron chi connectivity index (χ2n) is 12.7. The number of aromatic nitrogens is 1. The molecule has 4 aromatic rings. The third kappa shape index (κ3) is 10.3. The lowest BCUT2D eigenvalue weighted by Crippen LogP contribution is -2.37. The lowest BCUT2D eigenvalue weighted by Gasteiger charge is -2.21. The summed E-state index contributed by atoms with van der Waals surface area (Å²) in [5.41, 5.74) is 7.81. The van der Waals surface area contributed by atoms with E-state index in [0.717, 1.165) is 44.0 Å². The van der Waals surface area contributed by atoms with Crippen LogP contribution in [0.2, 0.25) is 0 Å². The van der Waals surface area contributed by atoms with Crippen LogP contribution < -0.4 is 25.2 Å². The normalized spacial score (nSPS) is 13.7.